The van der Waals surface area contributed by atoms with Crippen molar-refractivity contribution in [3.63, 3.8) is 0 Å². The number of hydrogen-bond acceptors (Lipinski definition) is 4. The summed E-state index contributed by atoms with van der Waals surface area (Å²) in [4.78, 5) is 25.2. The summed E-state index contributed by atoms with van der Waals surface area (Å²) in [5.41, 5.74) is 0. The van der Waals surface area contributed by atoms with E-state index >= 15 is 0 Å². The van der Waals surface area contributed by atoms with Gasteiger partial charge in [-0.3, -0.25) is 9.59 Å². The van der Waals surface area contributed by atoms with Crippen molar-refractivity contribution in [1.29, 1.82) is 0 Å². The highest BCUT2D eigenvalue weighted by Gasteiger charge is 2.42. The first-order chi connectivity index (χ1) is 11.1. The van der Waals surface area contributed by atoms with Crippen molar-refractivity contribution in [3.8, 4) is 0 Å². The molecule has 24 heavy (non-hydrogen) atoms. The number of carbonyl (C=O) groups is 2. The van der Waals surface area contributed by atoms with Crippen LogP contribution in [0.25, 0.3) is 0 Å². The third-order valence-corrected chi connectivity index (χ3v) is 6.81. The predicted octanol–water partition coefficient (Wildman–Crippen LogP) is 0.217. The van der Waals surface area contributed by atoms with Crippen molar-refractivity contribution in [1.82, 2.24) is 13.5 Å². The summed E-state index contributed by atoms with van der Waals surface area (Å²) in [5.74, 6) is -1.20. The molecule has 1 unspecified atom stereocenters. The van der Waals surface area contributed by atoms with Gasteiger partial charge < -0.3 is 10.0 Å². The molecule has 9 heteroatoms. The molecule has 2 heterocycles. The maximum atomic E-state index is 12.8. The summed E-state index contributed by atoms with van der Waals surface area (Å²) in [5, 5.41) is 9.03. The molecule has 1 atom stereocenters. The maximum absolute atomic E-state index is 12.8. The summed E-state index contributed by atoms with van der Waals surface area (Å²) in [7, 11) is -3.74. The van der Waals surface area contributed by atoms with Crippen LogP contribution in [0.2, 0.25) is 0 Å². The summed E-state index contributed by atoms with van der Waals surface area (Å²) < 4.78 is 28.2. The molecule has 0 aromatic carbocycles. The molecule has 2 rings (SSSR count). The highest BCUT2D eigenvalue weighted by molar-refractivity contribution is 7.86. The highest BCUT2D eigenvalue weighted by Crippen LogP contribution is 2.24. The lowest BCUT2D eigenvalue weighted by Crippen LogP contribution is -2.61. The first-order valence-corrected chi connectivity index (χ1v) is 9.82. The number of amides is 1. The summed E-state index contributed by atoms with van der Waals surface area (Å²) in [6.45, 7) is 7.34. The molecule has 0 spiro atoms. The molecule has 0 aromatic rings. The van der Waals surface area contributed by atoms with Crippen molar-refractivity contribution < 1.29 is 23.1 Å². The topological polar surface area (TPSA) is 98.2 Å². The van der Waals surface area contributed by atoms with Gasteiger partial charge in [0.25, 0.3) is 10.2 Å². The second-order valence-corrected chi connectivity index (χ2v) is 8.87. The van der Waals surface area contributed by atoms with Gasteiger partial charge in [-0.2, -0.15) is 17.0 Å². The van der Waals surface area contributed by atoms with Crippen molar-refractivity contribution in [2.45, 2.75) is 39.7 Å². The Morgan fingerprint density at radius 2 is 1.79 bits per heavy atom. The highest BCUT2D eigenvalue weighted by atomic mass is 32.2. The third-order valence-electron chi connectivity index (χ3n) is 4.70. The Hall–Kier alpha value is -1.19. The molecule has 138 valence electrons. The van der Waals surface area contributed by atoms with Gasteiger partial charge in [-0.05, 0) is 25.7 Å². The molecular weight excluding hydrogens is 334 g/mol. The first kappa shape index (κ1) is 19.1. The number of rotatable bonds is 5. The molecule has 1 N–H and O–H groups in total. The Balaban J connectivity index is 2.05. The second kappa shape index (κ2) is 7.37. The molecule has 0 aliphatic carbocycles. The van der Waals surface area contributed by atoms with Gasteiger partial charge in [-0.25, -0.2) is 0 Å². The Labute approximate surface area is 143 Å². The van der Waals surface area contributed by atoms with E-state index < -0.39 is 28.1 Å². The summed E-state index contributed by atoms with van der Waals surface area (Å²) in [6, 6.07) is -0.723. The van der Waals surface area contributed by atoms with Gasteiger partial charge in [0.15, 0.2) is 0 Å². The summed E-state index contributed by atoms with van der Waals surface area (Å²) in [6.07, 6.45) is 0.619. The van der Waals surface area contributed by atoms with Gasteiger partial charge in [-0.1, -0.05) is 13.8 Å². The fourth-order valence-electron chi connectivity index (χ4n) is 3.33. The molecule has 2 saturated heterocycles. The van der Waals surface area contributed by atoms with Gasteiger partial charge >= 0.3 is 5.97 Å². The standard InChI is InChI=1S/C15H27N3O5S/c1-11(2)10-16-8-9-18(12(3)14(16)19)24(22,23)17-6-4-13(5-7-17)15(20)21/h11-13H,4-10H2,1-3H3,(H,20,21). The number of carboxylic acid groups (broad SMARTS) is 1. The van der Waals surface area contributed by atoms with Crippen molar-refractivity contribution in [3.05, 3.63) is 0 Å². The second-order valence-electron chi connectivity index (χ2n) is 6.98. The van der Waals surface area contributed by atoms with Crippen LogP contribution in [-0.4, -0.2) is 77.7 Å². The lowest BCUT2D eigenvalue weighted by molar-refractivity contribution is -0.143. The Morgan fingerprint density at radius 1 is 1.21 bits per heavy atom. The molecule has 0 saturated carbocycles. The minimum absolute atomic E-state index is 0.168. The van der Waals surface area contributed by atoms with Gasteiger partial charge in [0, 0.05) is 32.7 Å². The molecular formula is C15H27N3O5S. The number of piperidine rings is 1. The number of hydrogen-bond donors (Lipinski definition) is 1. The van der Waals surface area contributed by atoms with Crippen molar-refractivity contribution in [2.24, 2.45) is 11.8 Å². The van der Waals surface area contributed by atoms with E-state index in [2.05, 4.69) is 0 Å². The maximum Gasteiger partial charge on any atom is 0.306 e. The predicted molar refractivity (Wildman–Crippen MR) is 88.4 cm³/mol. The van der Waals surface area contributed by atoms with E-state index in [1.807, 2.05) is 13.8 Å². The van der Waals surface area contributed by atoms with E-state index in [0.29, 0.717) is 31.8 Å². The van der Waals surface area contributed by atoms with E-state index in [9.17, 15) is 18.0 Å². The summed E-state index contributed by atoms with van der Waals surface area (Å²) >= 11 is 0. The average Bonchev–Trinajstić information content (AvgIpc) is 2.51. The molecule has 1 amide bonds. The van der Waals surface area contributed by atoms with E-state index in [1.54, 1.807) is 11.8 Å². The number of aliphatic carboxylic acids is 1. The number of piperazine rings is 1. The zero-order valence-electron chi connectivity index (χ0n) is 14.5. The first-order valence-electron chi connectivity index (χ1n) is 8.43. The van der Waals surface area contributed by atoms with E-state index in [1.165, 1.54) is 8.61 Å². The number of carbonyl (C=O) groups excluding carboxylic acids is 1. The lowest BCUT2D eigenvalue weighted by atomic mass is 9.99. The monoisotopic (exact) mass is 361 g/mol. The zero-order chi connectivity index (χ0) is 18.1. The zero-order valence-corrected chi connectivity index (χ0v) is 15.3. The van der Waals surface area contributed by atoms with Gasteiger partial charge in [0.1, 0.15) is 6.04 Å². The van der Waals surface area contributed by atoms with Crippen molar-refractivity contribution in [2.75, 3.05) is 32.7 Å². The number of carboxylic acids is 1. The van der Waals surface area contributed by atoms with Crippen LogP contribution in [0.15, 0.2) is 0 Å². The van der Waals surface area contributed by atoms with Crippen LogP contribution >= 0.6 is 0 Å². The van der Waals surface area contributed by atoms with Crippen molar-refractivity contribution >= 4 is 22.1 Å². The molecule has 2 fully saturated rings. The van der Waals surface area contributed by atoms with Gasteiger partial charge in [0.2, 0.25) is 5.91 Å². The Kier molecular flexibility index (Phi) is 5.87. The van der Waals surface area contributed by atoms with E-state index in [4.69, 9.17) is 5.11 Å². The molecule has 2 aliphatic rings. The quantitative estimate of drug-likeness (QED) is 0.755. The van der Waals surface area contributed by atoms with Crippen LogP contribution in [0.3, 0.4) is 0 Å². The van der Waals surface area contributed by atoms with Crippen LogP contribution < -0.4 is 0 Å². The largest absolute Gasteiger partial charge is 0.481 e. The smallest absolute Gasteiger partial charge is 0.306 e. The minimum Gasteiger partial charge on any atom is -0.481 e. The van der Waals surface area contributed by atoms with E-state index in [-0.39, 0.29) is 25.5 Å². The van der Waals surface area contributed by atoms with E-state index in [0.717, 1.165) is 0 Å². The SMILES string of the molecule is CC(C)CN1CCN(S(=O)(=O)N2CCC(C(=O)O)CC2)C(C)C1=O. The van der Waals surface area contributed by atoms with Crippen LogP contribution in [0.4, 0.5) is 0 Å². The average molecular weight is 361 g/mol. The van der Waals surface area contributed by atoms with Crippen LogP contribution in [0.1, 0.15) is 33.6 Å². The Bertz CT molecular complexity index is 584. The van der Waals surface area contributed by atoms with Crippen LogP contribution in [0, 0.1) is 11.8 Å². The number of nitrogens with zero attached hydrogens (tertiary/aromatic N) is 3. The minimum atomic E-state index is -3.74. The molecule has 0 aromatic heterocycles. The normalized spacial score (nSPS) is 25.4. The Morgan fingerprint density at radius 3 is 2.29 bits per heavy atom. The lowest BCUT2D eigenvalue weighted by Gasteiger charge is -2.41. The fraction of sp³-hybridized carbons (Fsp3) is 0.867. The molecule has 0 bridgehead atoms. The molecule has 8 nitrogen and oxygen atoms in total. The third kappa shape index (κ3) is 3.89. The fourth-order valence-corrected chi connectivity index (χ4v) is 5.10. The molecule has 2 aliphatic heterocycles. The molecule has 0 radical (unpaired) electrons. The van der Waals surface area contributed by atoms with Crippen LogP contribution in [0.5, 0.6) is 0 Å². The van der Waals surface area contributed by atoms with Crippen LogP contribution in [-0.2, 0) is 19.8 Å². The van der Waals surface area contributed by atoms with Gasteiger partial charge in [-0.15, -0.1) is 0 Å². The van der Waals surface area contributed by atoms with Gasteiger partial charge in [0.05, 0.1) is 5.92 Å².